The molecule has 2 aromatic carbocycles. The average Bonchev–Trinajstić information content (AvgIpc) is 3.25. The lowest BCUT2D eigenvalue weighted by molar-refractivity contribution is 0.679. The van der Waals surface area contributed by atoms with Crippen molar-refractivity contribution in [2.75, 3.05) is 5.32 Å². The molecule has 1 unspecified atom stereocenters. The number of rotatable bonds is 4. The molecule has 3 rings (SSSR count). The minimum atomic E-state index is 0.370. The Kier molecular flexibility index (Phi) is 3.71. The van der Waals surface area contributed by atoms with Crippen LogP contribution >= 0.6 is 11.6 Å². The van der Waals surface area contributed by atoms with Gasteiger partial charge in [0.05, 0.1) is 16.8 Å². The minimum Gasteiger partial charge on any atom is -0.377 e. The van der Waals surface area contributed by atoms with Gasteiger partial charge in [-0.25, -0.2) is 0 Å². The highest BCUT2D eigenvalue weighted by Crippen LogP contribution is 2.43. The quantitative estimate of drug-likeness (QED) is 0.780. The molecule has 0 bridgehead atoms. The molecule has 1 N–H and O–H groups in total. The Hall–Kier alpha value is -1.47. The van der Waals surface area contributed by atoms with Gasteiger partial charge in [-0.1, -0.05) is 47.5 Å². The van der Waals surface area contributed by atoms with Gasteiger partial charge in [0.1, 0.15) is 0 Å². The van der Waals surface area contributed by atoms with Crippen LogP contribution in [0.3, 0.4) is 0 Å². The van der Waals surface area contributed by atoms with Crippen LogP contribution in [-0.2, 0) is 0 Å². The molecule has 2 heteroatoms. The van der Waals surface area contributed by atoms with Crippen molar-refractivity contribution in [3.8, 4) is 0 Å². The van der Waals surface area contributed by atoms with Gasteiger partial charge in [0.2, 0.25) is 0 Å². The summed E-state index contributed by atoms with van der Waals surface area (Å²) >= 11 is 6.32. The number of anilines is 1. The molecular weight excluding hydrogens is 266 g/mol. The van der Waals surface area contributed by atoms with Crippen molar-refractivity contribution in [3.63, 3.8) is 0 Å². The molecule has 1 aliphatic carbocycles. The SMILES string of the molecule is Cc1ccc(C(Nc2cc(C)ccc2Cl)C2CC2)cc1. The van der Waals surface area contributed by atoms with Gasteiger partial charge in [0.15, 0.2) is 0 Å². The Balaban J connectivity index is 1.88. The highest BCUT2D eigenvalue weighted by molar-refractivity contribution is 6.33. The third kappa shape index (κ3) is 2.99. The van der Waals surface area contributed by atoms with Crippen LogP contribution in [0, 0.1) is 19.8 Å². The Bertz CT molecular complexity index is 599. The summed E-state index contributed by atoms with van der Waals surface area (Å²) in [6.07, 6.45) is 2.60. The predicted molar refractivity (Wildman–Crippen MR) is 86.5 cm³/mol. The summed E-state index contributed by atoms with van der Waals surface area (Å²) in [4.78, 5) is 0. The first-order valence-electron chi connectivity index (χ1n) is 7.23. The van der Waals surface area contributed by atoms with E-state index >= 15 is 0 Å². The number of aryl methyl sites for hydroxylation is 2. The van der Waals surface area contributed by atoms with Crippen molar-refractivity contribution in [1.82, 2.24) is 0 Å². The lowest BCUT2D eigenvalue weighted by Crippen LogP contribution is -2.13. The zero-order chi connectivity index (χ0) is 14.1. The normalized spacial score (nSPS) is 15.9. The van der Waals surface area contributed by atoms with E-state index in [1.54, 1.807) is 0 Å². The topological polar surface area (TPSA) is 12.0 Å². The second-order valence-corrected chi connectivity index (χ2v) is 6.26. The fraction of sp³-hybridized carbons (Fsp3) is 0.333. The van der Waals surface area contributed by atoms with Crippen molar-refractivity contribution in [2.24, 2.45) is 5.92 Å². The smallest absolute Gasteiger partial charge is 0.0637 e. The number of nitrogens with one attached hydrogen (secondary N) is 1. The summed E-state index contributed by atoms with van der Waals surface area (Å²) < 4.78 is 0. The maximum Gasteiger partial charge on any atom is 0.0637 e. The first-order chi connectivity index (χ1) is 9.63. The standard InChI is InChI=1S/C18H20ClN/c1-12-3-6-14(7-4-12)18(15-8-9-15)20-17-11-13(2)5-10-16(17)19/h3-7,10-11,15,18,20H,8-9H2,1-2H3. The molecule has 20 heavy (non-hydrogen) atoms. The highest BCUT2D eigenvalue weighted by atomic mass is 35.5. The van der Waals surface area contributed by atoms with E-state index in [-0.39, 0.29) is 0 Å². The molecular formula is C18H20ClN. The van der Waals surface area contributed by atoms with Crippen molar-refractivity contribution in [3.05, 3.63) is 64.2 Å². The molecule has 1 aliphatic rings. The lowest BCUT2D eigenvalue weighted by atomic mass is 10.0. The van der Waals surface area contributed by atoms with E-state index in [1.165, 1.54) is 29.5 Å². The molecule has 0 aromatic heterocycles. The summed E-state index contributed by atoms with van der Waals surface area (Å²) in [5.74, 6) is 0.731. The van der Waals surface area contributed by atoms with Gasteiger partial charge in [0.25, 0.3) is 0 Å². The van der Waals surface area contributed by atoms with Crippen molar-refractivity contribution < 1.29 is 0 Å². The van der Waals surface area contributed by atoms with Crippen LogP contribution in [0.4, 0.5) is 5.69 Å². The molecule has 0 amide bonds. The lowest BCUT2D eigenvalue weighted by Gasteiger charge is -2.21. The molecule has 0 radical (unpaired) electrons. The first kappa shape index (κ1) is 13.5. The number of hydrogen-bond acceptors (Lipinski definition) is 1. The first-order valence-corrected chi connectivity index (χ1v) is 7.60. The van der Waals surface area contributed by atoms with Gasteiger partial charge in [-0.05, 0) is 55.9 Å². The molecule has 104 valence electrons. The largest absolute Gasteiger partial charge is 0.377 e. The second-order valence-electron chi connectivity index (χ2n) is 5.85. The zero-order valence-electron chi connectivity index (χ0n) is 12.0. The van der Waals surface area contributed by atoms with Crippen LogP contribution in [0.25, 0.3) is 0 Å². The van der Waals surface area contributed by atoms with E-state index in [9.17, 15) is 0 Å². The van der Waals surface area contributed by atoms with Gasteiger partial charge < -0.3 is 5.32 Å². The average molecular weight is 286 g/mol. The van der Waals surface area contributed by atoms with E-state index in [1.807, 2.05) is 12.1 Å². The van der Waals surface area contributed by atoms with Crippen LogP contribution in [0.1, 0.15) is 35.6 Å². The van der Waals surface area contributed by atoms with Gasteiger partial charge in [-0.3, -0.25) is 0 Å². The highest BCUT2D eigenvalue weighted by Gasteiger charge is 2.32. The fourth-order valence-electron chi connectivity index (χ4n) is 2.59. The fourth-order valence-corrected chi connectivity index (χ4v) is 2.77. The summed E-state index contributed by atoms with van der Waals surface area (Å²) in [5.41, 5.74) is 4.94. The van der Waals surface area contributed by atoms with Gasteiger partial charge >= 0.3 is 0 Å². The summed E-state index contributed by atoms with van der Waals surface area (Å²) in [6.45, 7) is 4.22. The van der Waals surface area contributed by atoms with Crippen LogP contribution in [0.5, 0.6) is 0 Å². The van der Waals surface area contributed by atoms with Gasteiger partial charge in [-0.15, -0.1) is 0 Å². The molecule has 2 aromatic rings. The minimum absolute atomic E-state index is 0.370. The van der Waals surface area contributed by atoms with Crippen LogP contribution in [-0.4, -0.2) is 0 Å². The number of hydrogen-bond donors (Lipinski definition) is 1. The van der Waals surface area contributed by atoms with Crippen molar-refractivity contribution in [2.45, 2.75) is 32.7 Å². The van der Waals surface area contributed by atoms with E-state index in [2.05, 4.69) is 49.5 Å². The maximum atomic E-state index is 6.32. The molecule has 0 saturated heterocycles. The summed E-state index contributed by atoms with van der Waals surface area (Å²) in [7, 11) is 0. The Morgan fingerprint density at radius 2 is 1.65 bits per heavy atom. The van der Waals surface area contributed by atoms with Crippen LogP contribution in [0.2, 0.25) is 5.02 Å². The summed E-state index contributed by atoms with van der Waals surface area (Å²) in [5, 5.41) is 4.45. The molecule has 0 heterocycles. The molecule has 1 fully saturated rings. The van der Waals surface area contributed by atoms with Gasteiger partial charge in [-0.2, -0.15) is 0 Å². The van der Waals surface area contributed by atoms with Crippen LogP contribution < -0.4 is 5.32 Å². The molecule has 0 aliphatic heterocycles. The number of halogens is 1. The Morgan fingerprint density at radius 1 is 1.00 bits per heavy atom. The maximum absolute atomic E-state index is 6.32. The Labute approximate surface area is 126 Å². The Morgan fingerprint density at radius 3 is 2.30 bits per heavy atom. The van der Waals surface area contributed by atoms with E-state index in [4.69, 9.17) is 11.6 Å². The molecule has 1 nitrogen and oxygen atoms in total. The molecule has 1 atom stereocenters. The third-order valence-electron chi connectivity index (χ3n) is 3.96. The van der Waals surface area contributed by atoms with Crippen molar-refractivity contribution in [1.29, 1.82) is 0 Å². The second kappa shape index (κ2) is 5.49. The van der Waals surface area contributed by atoms with Crippen molar-refractivity contribution >= 4 is 17.3 Å². The van der Waals surface area contributed by atoms with E-state index in [0.717, 1.165) is 16.6 Å². The van der Waals surface area contributed by atoms with E-state index in [0.29, 0.717) is 6.04 Å². The van der Waals surface area contributed by atoms with Gasteiger partial charge in [0, 0.05) is 0 Å². The molecule has 1 saturated carbocycles. The monoisotopic (exact) mass is 285 g/mol. The molecule has 0 spiro atoms. The predicted octanol–water partition coefficient (Wildman–Crippen LogP) is 5.52. The summed E-state index contributed by atoms with van der Waals surface area (Å²) in [6, 6.07) is 15.4. The van der Waals surface area contributed by atoms with E-state index < -0.39 is 0 Å². The van der Waals surface area contributed by atoms with Crippen LogP contribution in [0.15, 0.2) is 42.5 Å². The zero-order valence-corrected chi connectivity index (χ0v) is 12.7. The third-order valence-corrected chi connectivity index (χ3v) is 4.29. The number of benzene rings is 2.